The van der Waals surface area contributed by atoms with Crippen molar-refractivity contribution in [3.63, 3.8) is 0 Å². The fourth-order valence-electron chi connectivity index (χ4n) is 2.55. The minimum atomic E-state index is -1.09. The summed E-state index contributed by atoms with van der Waals surface area (Å²) in [5.41, 5.74) is 1.43. The van der Waals surface area contributed by atoms with Gasteiger partial charge in [-0.05, 0) is 43.2 Å². The van der Waals surface area contributed by atoms with E-state index in [-0.39, 0.29) is 13.2 Å². The number of fused-ring (bicyclic) bond motifs is 1. The second-order valence-corrected chi connectivity index (χ2v) is 6.13. The van der Waals surface area contributed by atoms with Crippen LogP contribution in [-0.2, 0) is 20.7 Å². The molecule has 2 N–H and O–H groups in total. The van der Waals surface area contributed by atoms with Crippen LogP contribution in [0, 0.1) is 0 Å². The van der Waals surface area contributed by atoms with Gasteiger partial charge in [0.25, 0.3) is 5.91 Å². The minimum absolute atomic E-state index is 0.0907. The Morgan fingerprint density at radius 2 is 1.82 bits per heavy atom. The Labute approximate surface area is 161 Å². The summed E-state index contributed by atoms with van der Waals surface area (Å²) in [6, 6.07) is 13.4. The lowest BCUT2D eigenvalue weighted by Gasteiger charge is -2.13. The van der Waals surface area contributed by atoms with Crippen LogP contribution in [0.2, 0.25) is 0 Å². The molecule has 8 nitrogen and oxygen atoms in total. The smallest absolute Gasteiger partial charge is 0.325 e. The second kappa shape index (κ2) is 8.90. The molecular formula is C20H20N2O6. The van der Waals surface area contributed by atoms with Crippen LogP contribution >= 0.6 is 0 Å². The van der Waals surface area contributed by atoms with Gasteiger partial charge in [0.1, 0.15) is 0 Å². The van der Waals surface area contributed by atoms with Crippen molar-refractivity contribution >= 4 is 23.6 Å². The van der Waals surface area contributed by atoms with E-state index in [4.69, 9.17) is 14.2 Å². The van der Waals surface area contributed by atoms with E-state index >= 15 is 0 Å². The highest BCUT2D eigenvalue weighted by Crippen LogP contribution is 2.32. The summed E-state index contributed by atoms with van der Waals surface area (Å²) in [6.07, 6.45) is -0.572. The van der Waals surface area contributed by atoms with Gasteiger partial charge in [0.15, 0.2) is 17.6 Å². The number of carbonyl (C=O) groups is 3. The van der Waals surface area contributed by atoms with Gasteiger partial charge in [0, 0.05) is 12.1 Å². The highest BCUT2D eigenvalue weighted by molar-refractivity contribution is 6.02. The third-order valence-corrected chi connectivity index (χ3v) is 4.00. The van der Waals surface area contributed by atoms with Crippen molar-refractivity contribution in [2.24, 2.45) is 0 Å². The number of hydrogen-bond acceptors (Lipinski definition) is 6. The van der Waals surface area contributed by atoms with E-state index in [9.17, 15) is 14.4 Å². The van der Waals surface area contributed by atoms with Crippen molar-refractivity contribution in [2.75, 3.05) is 12.1 Å². The maximum atomic E-state index is 12.0. The van der Waals surface area contributed by atoms with E-state index < -0.39 is 24.0 Å². The topological polar surface area (TPSA) is 103 Å². The summed E-state index contributed by atoms with van der Waals surface area (Å²) in [7, 11) is 0. The van der Waals surface area contributed by atoms with Crippen LogP contribution in [0.25, 0.3) is 0 Å². The first-order valence-corrected chi connectivity index (χ1v) is 8.76. The molecule has 146 valence electrons. The van der Waals surface area contributed by atoms with Gasteiger partial charge in [0.05, 0.1) is 0 Å². The number of rotatable bonds is 6. The fourth-order valence-corrected chi connectivity index (χ4v) is 2.55. The molecule has 8 heteroatoms. The van der Waals surface area contributed by atoms with E-state index in [2.05, 4.69) is 10.6 Å². The number of amides is 3. The molecule has 3 rings (SSSR count). The van der Waals surface area contributed by atoms with Crippen molar-refractivity contribution in [1.29, 1.82) is 0 Å². The molecule has 3 amide bonds. The number of imide groups is 1. The molecule has 1 aliphatic rings. The average Bonchev–Trinajstić information content (AvgIpc) is 3.14. The van der Waals surface area contributed by atoms with Gasteiger partial charge in [0.2, 0.25) is 6.79 Å². The molecule has 1 unspecified atom stereocenters. The van der Waals surface area contributed by atoms with Gasteiger partial charge < -0.3 is 19.5 Å². The Balaban J connectivity index is 1.41. The number of carbonyl (C=O) groups excluding carboxylic acids is 3. The number of nitrogens with one attached hydrogen (secondary N) is 2. The van der Waals surface area contributed by atoms with Gasteiger partial charge >= 0.3 is 12.0 Å². The van der Waals surface area contributed by atoms with Crippen LogP contribution in [-0.4, -0.2) is 30.8 Å². The van der Waals surface area contributed by atoms with Crippen LogP contribution in [0.4, 0.5) is 10.5 Å². The molecule has 0 saturated heterocycles. The van der Waals surface area contributed by atoms with Crippen LogP contribution in [0.15, 0.2) is 48.5 Å². The molecule has 0 saturated carbocycles. The van der Waals surface area contributed by atoms with Crippen molar-refractivity contribution in [1.82, 2.24) is 5.32 Å². The van der Waals surface area contributed by atoms with Crippen molar-refractivity contribution < 1.29 is 28.6 Å². The number of aryl methyl sites for hydroxylation is 1. The molecule has 1 heterocycles. The molecule has 28 heavy (non-hydrogen) atoms. The molecule has 0 aromatic heterocycles. The summed E-state index contributed by atoms with van der Waals surface area (Å²) in [5, 5.41) is 4.65. The Morgan fingerprint density at radius 1 is 1.07 bits per heavy atom. The number of para-hydroxylation sites is 1. The van der Waals surface area contributed by atoms with Gasteiger partial charge in [-0.15, -0.1) is 0 Å². The van der Waals surface area contributed by atoms with Gasteiger partial charge in [-0.25, -0.2) is 4.79 Å². The minimum Gasteiger partial charge on any atom is -0.454 e. The number of hydrogen-bond donors (Lipinski definition) is 2. The highest BCUT2D eigenvalue weighted by atomic mass is 16.7. The predicted molar refractivity (Wildman–Crippen MR) is 100 cm³/mol. The zero-order chi connectivity index (χ0) is 19.9. The molecule has 0 radical (unpaired) electrons. The van der Waals surface area contributed by atoms with Gasteiger partial charge in [-0.3, -0.25) is 14.9 Å². The van der Waals surface area contributed by atoms with Crippen molar-refractivity contribution in [3.8, 4) is 11.5 Å². The van der Waals surface area contributed by atoms with Gasteiger partial charge in [-0.1, -0.05) is 24.3 Å². The van der Waals surface area contributed by atoms with Crippen LogP contribution in [0.3, 0.4) is 0 Å². The molecule has 0 fully saturated rings. The Hall–Kier alpha value is -3.55. The molecule has 2 aromatic carbocycles. The Morgan fingerprint density at radius 3 is 2.61 bits per heavy atom. The molecule has 0 spiro atoms. The highest BCUT2D eigenvalue weighted by Gasteiger charge is 2.20. The number of anilines is 1. The lowest BCUT2D eigenvalue weighted by Crippen LogP contribution is -2.41. The number of esters is 1. The third kappa shape index (κ3) is 5.23. The summed E-state index contributed by atoms with van der Waals surface area (Å²) >= 11 is 0. The average molecular weight is 384 g/mol. The zero-order valence-corrected chi connectivity index (χ0v) is 15.3. The van der Waals surface area contributed by atoms with E-state index in [0.717, 1.165) is 5.56 Å². The molecule has 1 aliphatic heterocycles. The standard InChI is InChI=1S/C20H20N2O6/c1-13(19(24)22-20(25)21-15-5-3-2-4-6-15)28-18(23)10-8-14-7-9-16-17(11-14)27-12-26-16/h2-7,9,11,13H,8,10,12H2,1H3,(H2,21,22,24,25). The largest absolute Gasteiger partial charge is 0.454 e. The van der Waals surface area contributed by atoms with Crippen LogP contribution in [0.1, 0.15) is 18.9 Å². The summed E-state index contributed by atoms with van der Waals surface area (Å²) in [4.78, 5) is 35.8. The summed E-state index contributed by atoms with van der Waals surface area (Å²) in [6.45, 7) is 1.59. The van der Waals surface area contributed by atoms with Gasteiger partial charge in [-0.2, -0.15) is 0 Å². The molecule has 0 aliphatic carbocycles. The third-order valence-electron chi connectivity index (χ3n) is 4.00. The van der Waals surface area contributed by atoms with Crippen molar-refractivity contribution in [3.05, 3.63) is 54.1 Å². The van der Waals surface area contributed by atoms with E-state index in [1.165, 1.54) is 6.92 Å². The maximum absolute atomic E-state index is 12.0. The van der Waals surface area contributed by atoms with Crippen LogP contribution < -0.4 is 20.1 Å². The number of benzene rings is 2. The molecule has 1 atom stereocenters. The predicted octanol–water partition coefficient (Wildman–Crippen LogP) is 2.63. The van der Waals surface area contributed by atoms with E-state index in [1.54, 1.807) is 42.5 Å². The SMILES string of the molecule is CC(OC(=O)CCc1ccc2c(c1)OCO2)C(=O)NC(=O)Nc1ccccc1. The van der Waals surface area contributed by atoms with Crippen LogP contribution in [0.5, 0.6) is 11.5 Å². The number of urea groups is 1. The fraction of sp³-hybridized carbons (Fsp3) is 0.250. The normalized spacial score (nSPS) is 12.8. The first-order valence-electron chi connectivity index (χ1n) is 8.76. The zero-order valence-electron chi connectivity index (χ0n) is 15.3. The van der Waals surface area contributed by atoms with E-state index in [0.29, 0.717) is 23.6 Å². The molecule has 0 bridgehead atoms. The lowest BCUT2D eigenvalue weighted by molar-refractivity contribution is -0.154. The Kier molecular flexibility index (Phi) is 6.11. The molecular weight excluding hydrogens is 364 g/mol. The quantitative estimate of drug-likeness (QED) is 0.742. The van der Waals surface area contributed by atoms with E-state index in [1.807, 2.05) is 6.07 Å². The van der Waals surface area contributed by atoms with Crippen molar-refractivity contribution in [2.45, 2.75) is 25.9 Å². The number of ether oxygens (including phenoxy) is 3. The first-order chi connectivity index (χ1) is 13.5. The molecule has 2 aromatic rings. The monoisotopic (exact) mass is 384 g/mol. The lowest BCUT2D eigenvalue weighted by atomic mass is 10.1. The Bertz CT molecular complexity index is 868. The maximum Gasteiger partial charge on any atom is 0.325 e. The summed E-state index contributed by atoms with van der Waals surface area (Å²) in [5.74, 6) is 0.0714. The first kappa shape index (κ1) is 19.2. The summed E-state index contributed by atoms with van der Waals surface area (Å²) < 4.78 is 15.6. The second-order valence-electron chi connectivity index (χ2n) is 6.13.